The van der Waals surface area contributed by atoms with E-state index in [1.54, 1.807) is 6.20 Å². The number of amides is 1. The Bertz CT molecular complexity index is 1490. The number of nitrogens with zero attached hydrogens (tertiary/aromatic N) is 6. The normalized spacial score (nSPS) is 18.7. The van der Waals surface area contributed by atoms with Gasteiger partial charge in [0.15, 0.2) is 0 Å². The van der Waals surface area contributed by atoms with Crippen LogP contribution in [0.1, 0.15) is 24.0 Å². The van der Waals surface area contributed by atoms with Gasteiger partial charge in [-0.05, 0) is 61.3 Å². The van der Waals surface area contributed by atoms with Crippen molar-refractivity contribution in [3.8, 4) is 11.1 Å². The van der Waals surface area contributed by atoms with Gasteiger partial charge in [-0.25, -0.2) is 9.67 Å². The third-order valence-electron chi connectivity index (χ3n) is 7.93. The summed E-state index contributed by atoms with van der Waals surface area (Å²) in [6.07, 6.45) is 3.47. The molecule has 0 saturated carbocycles. The summed E-state index contributed by atoms with van der Waals surface area (Å²) in [7, 11) is 2.18. The van der Waals surface area contributed by atoms with Crippen LogP contribution in [0.15, 0.2) is 54.7 Å². The molecule has 0 bridgehead atoms. The summed E-state index contributed by atoms with van der Waals surface area (Å²) in [6, 6.07) is 16.6. The van der Waals surface area contributed by atoms with E-state index >= 15 is 0 Å². The first kappa shape index (κ1) is 26.8. The van der Waals surface area contributed by atoms with Crippen molar-refractivity contribution in [1.82, 2.24) is 35.1 Å². The molecule has 6 rings (SSSR count). The number of piperazine rings is 1. The van der Waals surface area contributed by atoms with Crippen LogP contribution in [0.2, 0.25) is 5.02 Å². The van der Waals surface area contributed by atoms with Crippen molar-refractivity contribution >= 4 is 34.4 Å². The Morgan fingerprint density at radius 2 is 1.90 bits per heavy atom. The van der Waals surface area contributed by atoms with Crippen LogP contribution in [-0.4, -0.2) is 82.0 Å². The maximum Gasteiger partial charge on any atom is 0.229 e. The molecule has 4 heterocycles. The molecular formula is C30H35ClN8O. The maximum atomic E-state index is 12.8. The molecule has 4 aromatic rings. The summed E-state index contributed by atoms with van der Waals surface area (Å²) in [5, 5.41) is 15.6. The minimum absolute atomic E-state index is 0.0134. The van der Waals surface area contributed by atoms with E-state index in [0.717, 1.165) is 74.3 Å². The molecule has 0 unspecified atom stereocenters. The van der Waals surface area contributed by atoms with Gasteiger partial charge in [-0.2, -0.15) is 0 Å². The molecule has 2 saturated heterocycles. The smallest absolute Gasteiger partial charge is 0.229 e. The molecule has 0 spiro atoms. The van der Waals surface area contributed by atoms with Gasteiger partial charge in [0.05, 0.1) is 23.0 Å². The molecule has 2 aliphatic rings. The van der Waals surface area contributed by atoms with Crippen molar-refractivity contribution in [1.29, 1.82) is 0 Å². The van der Waals surface area contributed by atoms with Crippen LogP contribution < -0.4 is 10.6 Å². The zero-order valence-corrected chi connectivity index (χ0v) is 23.6. The van der Waals surface area contributed by atoms with E-state index in [1.165, 1.54) is 11.1 Å². The van der Waals surface area contributed by atoms with Gasteiger partial charge in [0.2, 0.25) is 5.91 Å². The van der Waals surface area contributed by atoms with Crippen LogP contribution in [0.4, 0.5) is 5.82 Å². The van der Waals surface area contributed by atoms with Gasteiger partial charge < -0.3 is 15.5 Å². The van der Waals surface area contributed by atoms with Crippen molar-refractivity contribution in [3.63, 3.8) is 0 Å². The Morgan fingerprint density at radius 3 is 2.70 bits per heavy atom. The number of nitrogens with one attached hydrogen (secondary N) is 2. The lowest BCUT2D eigenvalue weighted by atomic mass is 9.99. The van der Waals surface area contributed by atoms with Crippen LogP contribution in [0.25, 0.3) is 22.2 Å². The van der Waals surface area contributed by atoms with E-state index in [2.05, 4.69) is 73.1 Å². The molecule has 2 aromatic heterocycles. The summed E-state index contributed by atoms with van der Waals surface area (Å²) in [6.45, 7) is 7.65. The Morgan fingerprint density at radius 1 is 1.07 bits per heavy atom. The number of piperidine rings is 1. The first-order chi connectivity index (χ1) is 19.5. The number of pyridine rings is 1. The SMILES string of the molecule is CN1CCN(Cc2cccc(Cn3nnc4ccc(-c5cc(NC(=O)[C@@H]6CCCNC6)ncc5Cl)cc43)c2)CC1. The van der Waals surface area contributed by atoms with Gasteiger partial charge in [-0.1, -0.05) is 47.1 Å². The van der Waals surface area contributed by atoms with Crippen LogP contribution in [0.5, 0.6) is 0 Å². The number of carbonyl (C=O) groups is 1. The number of aromatic nitrogens is 4. The summed E-state index contributed by atoms with van der Waals surface area (Å²) < 4.78 is 1.93. The zero-order valence-electron chi connectivity index (χ0n) is 22.8. The summed E-state index contributed by atoms with van der Waals surface area (Å²) in [4.78, 5) is 22.0. The molecule has 2 N–H and O–H groups in total. The first-order valence-corrected chi connectivity index (χ1v) is 14.4. The lowest BCUT2D eigenvalue weighted by Gasteiger charge is -2.32. The second-order valence-electron chi connectivity index (χ2n) is 10.9. The fraction of sp³-hybridized carbons (Fsp3) is 0.400. The molecule has 40 heavy (non-hydrogen) atoms. The number of benzene rings is 2. The average Bonchev–Trinajstić information content (AvgIpc) is 3.37. The van der Waals surface area contributed by atoms with E-state index in [4.69, 9.17) is 11.6 Å². The Labute approximate surface area is 239 Å². The number of anilines is 1. The molecule has 2 fully saturated rings. The molecular weight excluding hydrogens is 524 g/mol. The fourth-order valence-corrected chi connectivity index (χ4v) is 5.76. The van der Waals surface area contributed by atoms with Gasteiger partial charge in [0, 0.05) is 51.0 Å². The molecule has 0 radical (unpaired) electrons. The molecule has 9 nitrogen and oxygen atoms in total. The van der Waals surface area contributed by atoms with Crippen molar-refractivity contribution < 1.29 is 4.79 Å². The topological polar surface area (TPSA) is 91.2 Å². The van der Waals surface area contributed by atoms with Crippen molar-refractivity contribution in [2.24, 2.45) is 5.92 Å². The monoisotopic (exact) mass is 558 g/mol. The second kappa shape index (κ2) is 12.0. The lowest BCUT2D eigenvalue weighted by Crippen LogP contribution is -2.43. The standard InChI is InChI=1S/C30H35ClN8O/c1-37-10-12-38(13-11-37)19-21-4-2-5-22(14-21)20-39-28-15-23(7-8-27(28)35-36-39)25-16-29(33-18-26(25)31)34-30(40)24-6-3-9-32-17-24/h2,4-5,7-8,14-16,18,24,32H,3,6,9-13,17,19-20H2,1H3,(H,33,34,40)/t24-/m1/s1. The number of hydrogen-bond acceptors (Lipinski definition) is 7. The highest BCUT2D eigenvalue weighted by molar-refractivity contribution is 6.33. The van der Waals surface area contributed by atoms with Gasteiger partial charge in [0.25, 0.3) is 0 Å². The predicted molar refractivity (Wildman–Crippen MR) is 158 cm³/mol. The molecule has 2 aliphatic heterocycles. The number of carbonyl (C=O) groups excluding carboxylic acids is 1. The quantitative estimate of drug-likeness (QED) is 0.356. The highest BCUT2D eigenvalue weighted by Crippen LogP contribution is 2.31. The second-order valence-corrected chi connectivity index (χ2v) is 11.3. The largest absolute Gasteiger partial charge is 0.316 e. The van der Waals surface area contributed by atoms with Gasteiger partial charge in [0.1, 0.15) is 11.3 Å². The minimum Gasteiger partial charge on any atom is -0.316 e. The molecule has 2 aromatic carbocycles. The van der Waals surface area contributed by atoms with E-state index < -0.39 is 0 Å². The number of likely N-dealkylation sites (N-methyl/N-ethyl adjacent to an activating group) is 1. The van der Waals surface area contributed by atoms with E-state index in [9.17, 15) is 4.79 Å². The molecule has 10 heteroatoms. The number of fused-ring (bicyclic) bond motifs is 1. The molecule has 208 valence electrons. The maximum absolute atomic E-state index is 12.8. The number of hydrogen-bond donors (Lipinski definition) is 2. The summed E-state index contributed by atoms with van der Waals surface area (Å²) in [5.74, 6) is 0.436. The minimum atomic E-state index is -0.0495. The third-order valence-corrected chi connectivity index (χ3v) is 8.23. The summed E-state index contributed by atoms with van der Waals surface area (Å²) in [5.41, 5.74) is 5.97. The highest BCUT2D eigenvalue weighted by Gasteiger charge is 2.22. The predicted octanol–water partition coefficient (Wildman–Crippen LogP) is 3.88. The zero-order chi connectivity index (χ0) is 27.5. The van der Waals surface area contributed by atoms with Gasteiger partial charge in [-0.15, -0.1) is 5.10 Å². The van der Waals surface area contributed by atoms with Crippen LogP contribution >= 0.6 is 11.6 Å². The lowest BCUT2D eigenvalue weighted by molar-refractivity contribution is -0.120. The first-order valence-electron chi connectivity index (χ1n) is 14.0. The van der Waals surface area contributed by atoms with Crippen LogP contribution in [0.3, 0.4) is 0 Å². The Hall–Kier alpha value is -3.37. The van der Waals surface area contributed by atoms with Crippen molar-refractivity contribution in [3.05, 3.63) is 70.9 Å². The van der Waals surface area contributed by atoms with Crippen LogP contribution in [-0.2, 0) is 17.9 Å². The van der Waals surface area contributed by atoms with Crippen molar-refractivity contribution in [2.45, 2.75) is 25.9 Å². The van der Waals surface area contributed by atoms with Crippen LogP contribution in [0, 0.1) is 5.92 Å². The third kappa shape index (κ3) is 6.18. The molecule has 1 atom stereocenters. The Kier molecular flexibility index (Phi) is 8.06. The number of halogens is 1. The van der Waals surface area contributed by atoms with Gasteiger partial charge >= 0.3 is 0 Å². The van der Waals surface area contributed by atoms with E-state index in [0.29, 0.717) is 23.9 Å². The average molecular weight is 559 g/mol. The molecule has 1 amide bonds. The highest BCUT2D eigenvalue weighted by atomic mass is 35.5. The van der Waals surface area contributed by atoms with E-state index in [1.807, 2.05) is 22.9 Å². The number of rotatable bonds is 7. The molecule has 0 aliphatic carbocycles. The van der Waals surface area contributed by atoms with E-state index in [-0.39, 0.29) is 11.8 Å². The van der Waals surface area contributed by atoms with Crippen molar-refractivity contribution in [2.75, 3.05) is 51.6 Å². The fourth-order valence-electron chi connectivity index (χ4n) is 5.55. The summed E-state index contributed by atoms with van der Waals surface area (Å²) >= 11 is 6.59. The Balaban J connectivity index is 1.20. The van der Waals surface area contributed by atoms with Gasteiger partial charge in [-0.3, -0.25) is 9.69 Å².